The summed E-state index contributed by atoms with van der Waals surface area (Å²) in [6.07, 6.45) is 5.34. The van der Waals surface area contributed by atoms with Crippen molar-refractivity contribution in [2.24, 2.45) is 0 Å². The second kappa shape index (κ2) is 11.5. The summed E-state index contributed by atoms with van der Waals surface area (Å²) >= 11 is 2.00. The number of aliphatic hydroxyl groups excluding tert-OH is 1. The first-order valence-corrected chi connectivity index (χ1v) is 10.8. The van der Waals surface area contributed by atoms with Gasteiger partial charge in [-0.05, 0) is 18.2 Å². The van der Waals surface area contributed by atoms with Crippen LogP contribution in [0.1, 0.15) is 5.56 Å². The van der Waals surface area contributed by atoms with Gasteiger partial charge in [-0.25, -0.2) is 9.36 Å². The molecule has 0 aliphatic heterocycles. The molecule has 1 aromatic heterocycles. The number of anilines is 2. The van der Waals surface area contributed by atoms with Crippen LogP contribution in [0.2, 0.25) is 0 Å². The number of ether oxygens (including phenoxy) is 2. The molecule has 0 saturated carbocycles. The molecule has 1 heterocycles. The highest BCUT2D eigenvalue weighted by atomic mass is 127. The van der Waals surface area contributed by atoms with Gasteiger partial charge < -0.3 is 25.2 Å². The second-order valence-electron chi connectivity index (χ2n) is 6.73. The van der Waals surface area contributed by atoms with Gasteiger partial charge in [-0.3, -0.25) is 9.36 Å². The van der Waals surface area contributed by atoms with E-state index in [1.54, 1.807) is 44.4 Å². The molecular weight excluding hydrogens is 527 g/mol. The van der Waals surface area contributed by atoms with Crippen LogP contribution in [0.25, 0.3) is 0 Å². The van der Waals surface area contributed by atoms with Gasteiger partial charge in [0.1, 0.15) is 11.5 Å². The average Bonchev–Trinajstić information content (AvgIpc) is 2.79. The van der Waals surface area contributed by atoms with Gasteiger partial charge in [0, 0.05) is 19.2 Å². The molecule has 0 amide bonds. The van der Waals surface area contributed by atoms with Crippen molar-refractivity contribution in [3.63, 3.8) is 0 Å². The van der Waals surface area contributed by atoms with Crippen LogP contribution in [0.5, 0.6) is 11.5 Å². The SMILES string of the molecule is C#CCn1c(=O)c(N(C)CC#Cc2ccc(OC)c(OC)c2)c(N)n(C[C@@H](I)CO)c1=O. The first kappa shape index (κ1) is 25.2. The summed E-state index contributed by atoms with van der Waals surface area (Å²) in [5, 5.41) is 9.37. The predicted octanol–water partition coefficient (Wildman–Crippen LogP) is 0.526. The van der Waals surface area contributed by atoms with Crippen molar-refractivity contribution in [2.45, 2.75) is 17.0 Å². The van der Waals surface area contributed by atoms with Crippen LogP contribution in [0.4, 0.5) is 11.5 Å². The third-order valence-electron chi connectivity index (χ3n) is 4.59. The van der Waals surface area contributed by atoms with Gasteiger partial charge in [-0.2, -0.15) is 0 Å². The molecule has 0 bridgehead atoms. The van der Waals surface area contributed by atoms with Gasteiger partial charge >= 0.3 is 5.69 Å². The number of benzene rings is 1. The Morgan fingerprint density at radius 2 is 1.94 bits per heavy atom. The Balaban J connectivity index is 2.43. The molecule has 0 saturated heterocycles. The summed E-state index contributed by atoms with van der Waals surface area (Å²) in [6.45, 7) is -0.0513. The largest absolute Gasteiger partial charge is 0.493 e. The number of nitrogens with zero attached hydrogens (tertiary/aromatic N) is 3. The topological polar surface area (TPSA) is 112 Å². The molecule has 1 atom stereocenters. The molecular formula is C22H25IN4O5. The number of aromatic nitrogens is 2. The lowest BCUT2D eigenvalue weighted by atomic mass is 10.2. The van der Waals surface area contributed by atoms with Crippen LogP contribution in [-0.2, 0) is 13.1 Å². The van der Waals surface area contributed by atoms with Gasteiger partial charge in [0.15, 0.2) is 11.5 Å². The van der Waals surface area contributed by atoms with Crippen molar-refractivity contribution in [3.05, 3.63) is 44.6 Å². The van der Waals surface area contributed by atoms with Crippen molar-refractivity contribution in [3.8, 4) is 35.7 Å². The van der Waals surface area contributed by atoms with Crippen LogP contribution in [0.15, 0.2) is 27.8 Å². The van der Waals surface area contributed by atoms with E-state index in [2.05, 4.69) is 17.8 Å². The monoisotopic (exact) mass is 552 g/mol. The molecule has 0 fully saturated rings. The summed E-state index contributed by atoms with van der Waals surface area (Å²) in [4.78, 5) is 27.2. The highest BCUT2D eigenvalue weighted by Crippen LogP contribution is 2.27. The molecule has 0 unspecified atom stereocenters. The number of alkyl halides is 1. The number of terminal acetylenes is 1. The Bertz CT molecular complexity index is 1190. The zero-order valence-electron chi connectivity index (χ0n) is 18.1. The van der Waals surface area contributed by atoms with Crippen molar-refractivity contribution in [2.75, 3.05) is 45.1 Å². The van der Waals surface area contributed by atoms with E-state index in [4.69, 9.17) is 21.6 Å². The molecule has 2 rings (SSSR count). The zero-order chi connectivity index (χ0) is 23.8. The van der Waals surface area contributed by atoms with E-state index in [1.807, 2.05) is 22.6 Å². The van der Waals surface area contributed by atoms with E-state index in [1.165, 1.54) is 4.57 Å². The summed E-state index contributed by atoms with van der Waals surface area (Å²) in [6, 6.07) is 5.29. The lowest BCUT2D eigenvalue weighted by molar-refractivity contribution is 0.290. The lowest BCUT2D eigenvalue weighted by Crippen LogP contribution is -2.45. The Labute approximate surface area is 199 Å². The molecule has 1 aromatic carbocycles. The van der Waals surface area contributed by atoms with Crippen LogP contribution in [-0.4, -0.2) is 52.6 Å². The summed E-state index contributed by atoms with van der Waals surface area (Å²) in [5.74, 6) is 9.46. The maximum Gasteiger partial charge on any atom is 0.333 e. The minimum Gasteiger partial charge on any atom is -0.493 e. The number of methoxy groups -OCH3 is 2. The fraction of sp³-hybridized carbons (Fsp3) is 0.364. The predicted molar refractivity (Wildman–Crippen MR) is 133 cm³/mol. The minimum atomic E-state index is -0.617. The smallest absolute Gasteiger partial charge is 0.333 e. The number of nitrogens with two attached hydrogens (primary N) is 1. The third kappa shape index (κ3) is 5.58. The summed E-state index contributed by atoms with van der Waals surface area (Å²) in [5.41, 5.74) is 5.81. The Hall–Kier alpha value is -3.09. The molecule has 0 aliphatic carbocycles. The molecule has 3 N–H and O–H groups in total. The minimum absolute atomic E-state index is 0.00111. The number of hydrogen-bond acceptors (Lipinski definition) is 7. The van der Waals surface area contributed by atoms with Gasteiger partial charge in [0.2, 0.25) is 0 Å². The number of nitrogen functional groups attached to an aromatic ring is 1. The maximum atomic E-state index is 12.9. The molecule has 0 aliphatic rings. The van der Waals surface area contributed by atoms with E-state index in [0.717, 1.165) is 4.57 Å². The highest BCUT2D eigenvalue weighted by Gasteiger charge is 2.21. The standard InChI is InChI=1S/C22H25IN4O5/c1-5-10-26-21(29)19(20(24)27(22(26)30)13-16(23)14-28)25(2)11-6-7-15-8-9-17(31-3)18(12-15)32-4/h1,8-9,12,16,28H,10-11,13-14,24H2,2-4H3/t16-/m1/s1. The Morgan fingerprint density at radius 3 is 2.53 bits per heavy atom. The fourth-order valence-corrected chi connectivity index (χ4v) is 3.37. The number of halogens is 1. The van der Waals surface area contributed by atoms with Crippen LogP contribution in [0, 0.1) is 24.2 Å². The number of rotatable bonds is 8. The van der Waals surface area contributed by atoms with E-state index < -0.39 is 11.2 Å². The highest BCUT2D eigenvalue weighted by molar-refractivity contribution is 14.1. The molecule has 170 valence electrons. The van der Waals surface area contributed by atoms with E-state index in [9.17, 15) is 14.7 Å². The van der Waals surface area contributed by atoms with Crippen molar-refractivity contribution >= 4 is 34.1 Å². The Kier molecular flexibility index (Phi) is 9.05. The molecule has 0 radical (unpaired) electrons. The van der Waals surface area contributed by atoms with Gasteiger partial charge in [0.05, 0.1) is 37.8 Å². The van der Waals surface area contributed by atoms with Crippen molar-refractivity contribution in [1.29, 1.82) is 0 Å². The molecule has 32 heavy (non-hydrogen) atoms. The fourth-order valence-electron chi connectivity index (χ4n) is 2.98. The van der Waals surface area contributed by atoms with E-state index in [-0.39, 0.29) is 41.7 Å². The number of hydrogen-bond donors (Lipinski definition) is 2. The second-order valence-corrected chi connectivity index (χ2v) is 8.49. The quantitative estimate of drug-likeness (QED) is 0.279. The average molecular weight is 552 g/mol. The van der Waals surface area contributed by atoms with E-state index >= 15 is 0 Å². The third-order valence-corrected chi connectivity index (χ3v) is 5.37. The van der Waals surface area contributed by atoms with Gasteiger partial charge in [-0.15, -0.1) is 6.42 Å². The normalized spacial score (nSPS) is 11.1. The molecule has 2 aromatic rings. The van der Waals surface area contributed by atoms with Crippen LogP contribution < -0.4 is 31.4 Å². The molecule has 0 spiro atoms. The Morgan fingerprint density at radius 1 is 1.25 bits per heavy atom. The van der Waals surface area contributed by atoms with Gasteiger partial charge in [-0.1, -0.05) is 40.4 Å². The van der Waals surface area contributed by atoms with Crippen molar-refractivity contribution < 1.29 is 14.6 Å². The summed E-state index contributed by atoms with van der Waals surface area (Å²) < 4.78 is 12.4. The molecule has 9 nitrogen and oxygen atoms in total. The van der Waals surface area contributed by atoms with Crippen LogP contribution >= 0.6 is 22.6 Å². The lowest BCUT2D eigenvalue weighted by Gasteiger charge is -2.22. The maximum absolute atomic E-state index is 12.9. The first-order chi connectivity index (χ1) is 15.3. The van der Waals surface area contributed by atoms with E-state index in [0.29, 0.717) is 17.1 Å². The van der Waals surface area contributed by atoms with Crippen LogP contribution in [0.3, 0.4) is 0 Å². The van der Waals surface area contributed by atoms with Gasteiger partial charge in [0.25, 0.3) is 5.56 Å². The first-order valence-electron chi connectivity index (χ1n) is 9.52. The van der Waals surface area contributed by atoms with Crippen molar-refractivity contribution in [1.82, 2.24) is 9.13 Å². The number of aliphatic hydroxyl groups is 1. The molecule has 10 heteroatoms. The zero-order valence-corrected chi connectivity index (χ0v) is 20.2. The summed E-state index contributed by atoms with van der Waals surface area (Å²) in [7, 11) is 4.74.